The lowest BCUT2D eigenvalue weighted by Crippen LogP contribution is -2.14. The van der Waals surface area contributed by atoms with E-state index in [4.69, 9.17) is 21.1 Å². The molecule has 0 aliphatic heterocycles. The fraction of sp³-hybridized carbons (Fsp3) is 0.111. The number of nitrogens with zero attached hydrogens (tertiary/aromatic N) is 1. The third-order valence-electron chi connectivity index (χ3n) is 3.38. The van der Waals surface area contributed by atoms with E-state index < -0.39 is 0 Å². The molecule has 0 saturated carbocycles. The molecule has 122 valence electrons. The number of aliphatic hydroxyl groups excluding tert-OH is 1. The van der Waals surface area contributed by atoms with Crippen molar-refractivity contribution in [2.45, 2.75) is 13.0 Å². The highest BCUT2D eigenvalue weighted by Crippen LogP contribution is 2.21. The first-order valence-electron chi connectivity index (χ1n) is 7.34. The van der Waals surface area contributed by atoms with E-state index >= 15 is 0 Å². The minimum atomic E-state index is -0.207. The Morgan fingerprint density at radius 2 is 2.00 bits per heavy atom. The summed E-state index contributed by atoms with van der Waals surface area (Å²) >= 11 is 5.85. The van der Waals surface area contributed by atoms with Gasteiger partial charge in [0.25, 0.3) is 0 Å². The van der Waals surface area contributed by atoms with Gasteiger partial charge in [-0.15, -0.1) is 0 Å². The summed E-state index contributed by atoms with van der Waals surface area (Å²) in [4.78, 5) is 16.4. The molecule has 0 aliphatic rings. The zero-order valence-electron chi connectivity index (χ0n) is 12.7. The molecule has 6 heteroatoms. The van der Waals surface area contributed by atoms with E-state index in [2.05, 4.69) is 10.3 Å². The summed E-state index contributed by atoms with van der Waals surface area (Å²) in [6.07, 6.45) is 1.56. The zero-order valence-corrected chi connectivity index (χ0v) is 13.5. The predicted molar refractivity (Wildman–Crippen MR) is 91.6 cm³/mol. The van der Waals surface area contributed by atoms with E-state index in [1.807, 2.05) is 0 Å². The second kappa shape index (κ2) is 7.29. The minimum absolute atomic E-state index is 0.0720. The Morgan fingerprint density at radius 3 is 2.75 bits per heavy atom. The third kappa shape index (κ3) is 4.01. The number of aromatic nitrogens is 1. The standard InChI is InChI=1S/C18H15ClN2O3/c19-14-6-4-13(5-7-14)18-21-16(11-24-18)9-17(23)20-15-3-1-2-12(8-15)10-22/h1-8,11,22H,9-10H2,(H,20,23). The molecule has 24 heavy (non-hydrogen) atoms. The van der Waals surface area contributed by atoms with Gasteiger partial charge in [0.05, 0.1) is 18.7 Å². The number of benzene rings is 2. The smallest absolute Gasteiger partial charge is 0.230 e. The highest BCUT2D eigenvalue weighted by atomic mass is 35.5. The Hall–Kier alpha value is -2.63. The SMILES string of the molecule is O=C(Cc1coc(-c2ccc(Cl)cc2)n1)Nc1cccc(CO)c1. The van der Waals surface area contributed by atoms with Crippen molar-refractivity contribution in [2.24, 2.45) is 0 Å². The van der Waals surface area contributed by atoms with Crippen LogP contribution in [0.15, 0.2) is 59.2 Å². The van der Waals surface area contributed by atoms with Crippen LogP contribution in [-0.2, 0) is 17.8 Å². The highest BCUT2D eigenvalue weighted by Gasteiger charge is 2.11. The summed E-state index contributed by atoms with van der Waals surface area (Å²) in [6.45, 7) is -0.0720. The van der Waals surface area contributed by atoms with Gasteiger partial charge in [0, 0.05) is 16.3 Å². The average Bonchev–Trinajstić information content (AvgIpc) is 3.04. The van der Waals surface area contributed by atoms with E-state index in [-0.39, 0.29) is 18.9 Å². The van der Waals surface area contributed by atoms with Crippen LogP contribution in [0.25, 0.3) is 11.5 Å². The predicted octanol–water partition coefficient (Wildman–Crippen LogP) is 3.67. The summed E-state index contributed by atoms with van der Waals surface area (Å²) in [7, 11) is 0. The number of aliphatic hydroxyl groups is 1. The number of rotatable bonds is 5. The van der Waals surface area contributed by atoms with Gasteiger partial charge in [-0.25, -0.2) is 4.98 Å². The summed E-state index contributed by atoms with van der Waals surface area (Å²) in [6, 6.07) is 14.2. The largest absolute Gasteiger partial charge is 0.444 e. The van der Waals surface area contributed by atoms with Crippen LogP contribution in [0.1, 0.15) is 11.3 Å². The molecule has 0 fully saturated rings. The third-order valence-corrected chi connectivity index (χ3v) is 3.63. The van der Waals surface area contributed by atoms with Crippen molar-refractivity contribution in [1.29, 1.82) is 0 Å². The Labute approximate surface area is 143 Å². The number of anilines is 1. The normalized spacial score (nSPS) is 10.6. The van der Waals surface area contributed by atoms with E-state index in [0.29, 0.717) is 22.3 Å². The minimum Gasteiger partial charge on any atom is -0.444 e. The maximum Gasteiger partial charge on any atom is 0.230 e. The first kappa shape index (κ1) is 16.2. The number of nitrogens with one attached hydrogen (secondary N) is 1. The lowest BCUT2D eigenvalue weighted by Gasteiger charge is -2.05. The monoisotopic (exact) mass is 342 g/mol. The second-order valence-electron chi connectivity index (χ2n) is 5.23. The molecule has 0 spiro atoms. The fourth-order valence-corrected chi connectivity index (χ4v) is 2.36. The number of oxazole rings is 1. The molecular weight excluding hydrogens is 328 g/mol. The van der Waals surface area contributed by atoms with Gasteiger partial charge in [-0.05, 0) is 42.0 Å². The number of hydrogen-bond acceptors (Lipinski definition) is 4. The van der Waals surface area contributed by atoms with Gasteiger partial charge >= 0.3 is 0 Å². The van der Waals surface area contributed by atoms with Crippen molar-refractivity contribution in [3.63, 3.8) is 0 Å². The van der Waals surface area contributed by atoms with Crippen LogP contribution in [0.2, 0.25) is 5.02 Å². The summed E-state index contributed by atoms with van der Waals surface area (Å²) in [5, 5.41) is 12.5. The lowest BCUT2D eigenvalue weighted by atomic mass is 10.2. The van der Waals surface area contributed by atoms with Crippen LogP contribution < -0.4 is 5.32 Å². The summed E-state index contributed by atoms with van der Waals surface area (Å²) in [5.74, 6) is 0.234. The Morgan fingerprint density at radius 1 is 1.21 bits per heavy atom. The molecule has 2 N–H and O–H groups in total. The van der Waals surface area contributed by atoms with Crippen molar-refractivity contribution in [2.75, 3.05) is 5.32 Å². The Kier molecular flexibility index (Phi) is 4.93. The van der Waals surface area contributed by atoms with Crippen LogP contribution in [0.3, 0.4) is 0 Å². The van der Waals surface area contributed by atoms with Gasteiger partial charge in [-0.2, -0.15) is 0 Å². The Bertz CT molecular complexity index is 843. The number of halogens is 1. The number of carbonyl (C=O) groups excluding carboxylic acids is 1. The number of carbonyl (C=O) groups is 1. The molecule has 1 amide bonds. The molecule has 2 aromatic carbocycles. The van der Waals surface area contributed by atoms with Gasteiger partial charge in [-0.1, -0.05) is 23.7 Å². The molecule has 0 saturated heterocycles. The van der Waals surface area contributed by atoms with Crippen LogP contribution in [-0.4, -0.2) is 16.0 Å². The fourth-order valence-electron chi connectivity index (χ4n) is 2.23. The van der Waals surface area contributed by atoms with Crippen LogP contribution in [0.4, 0.5) is 5.69 Å². The highest BCUT2D eigenvalue weighted by molar-refractivity contribution is 6.30. The van der Waals surface area contributed by atoms with Crippen LogP contribution in [0.5, 0.6) is 0 Å². The van der Waals surface area contributed by atoms with Crippen molar-refractivity contribution in [1.82, 2.24) is 4.98 Å². The molecule has 0 atom stereocenters. The average molecular weight is 343 g/mol. The van der Waals surface area contributed by atoms with Crippen molar-refractivity contribution in [3.05, 3.63) is 71.1 Å². The van der Waals surface area contributed by atoms with Gasteiger partial charge in [0.2, 0.25) is 11.8 Å². The quantitative estimate of drug-likeness (QED) is 0.741. The lowest BCUT2D eigenvalue weighted by molar-refractivity contribution is -0.115. The van der Waals surface area contributed by atoms with Gasteiger partial charge < -0.3 is 14.8 Å². The molecular formula is C18H15ClN2O3. The zero-order chi connectivity index (χ0) is 16.9. The summed E-state index contributed by atoms with van der Waals surface area (Å²) in [5.41, 5.74) is 2.70. The van der Waals surface area contributed by atoms with Crippen LogP contribution >= 0.6 is 11.6 Å². The maximum atomic E-state index is 12.1. The van der Waals surface area contributed by atoms with Crippen molar-refractivity contribution >= 4 is 23.2 Å². The van der Waals surface area contributed by atoms with E-state index in [1.54, 1.807) is 48.5 Å². The van der Waals surface area contributed by atoms with Crippen molar-refractivity contribution in [3.8, 4) is 11.5 Å². The summed E-state index contributed by atoms with van der Waals surface area (Å²) < 4.78 is 5.41. The van der Waals surface area contributed by atoms with Crippen LogP contribution in [0, 0.1) is 0 Å². The molecule has 0 radical (unpaired) electrons. The molecule has 0 bridgehead atoms. The molecule has 1 heterocycles. The second-order valence-corrected chi connectivity index (χ2v) is 5.67. The molecule has 0 aliphatic carbocycles. The first-order valence-corrected chi connectivity index (χ1v) is 7.72. The molecule has 5 nitrogen and oxygen atoms in total. The molecule has 3 aromatic rings. The van der Waals surface area contributed by atoms with Crippen molar-refractivity contribution < 1.29 is 14.3 Å². The van der Waals surface area contributed by atoms with E-state index in [1.165, 1.54) is 6.26 Å². The maximum absolute atomic E-state index is 12.1. The van der Waals surface area contributed by atoms with E-state index in [9.17, 15) is 4.79 Å². The molecule has 1 aromatic heterocycles. The first-order chi connectivity index (χ1) is 11.6. The molecule has 0 unspecified atom stereocenters. The van der Waals surface area contributed by atoms with Gasteiger partial charge in [0.1, 0.15) is 6.26 Å². The Balaban J connectivity index is 1.65. The molecule has 3 rings (SSSR count). The number of amides is 1. The van der Waals surface area contributed by atoms with Gasteiger partial charge in [0.15, 0.2) is 0 Å². The van der Waals surface area contributed by atoms with E-state index in [0.717, 1.165) is 11.1 Å². The van der Waals surface area contributed by atoms with Gasteiger partial charge in [-0.3, -0.25) is 4.79 Å². The topological polar surface area (TPSA) is 75.4 Å². The number of hydrogen-bond donors (Lipinski definition) is 2.